The Balaban J connectivity index is 1.77. The van der Waals surface area contributed by atoms with E-state index < -0.39 is 0 Å². The van der Waals surface area contributed by atoms with Crippen molar-refractivity contribution in [3.8, 4) is 11.5 Å². The second-order valence-corrected chi connectivity index (χ2v) is 6.28. The number of amides is 1. The van der Waals surface area contributed by atoms with E-state index in [1.54, 1.807) is 30.3 Å². The van der Waals surface area contributed by atoms with Crippen LogP contribution in [0.25, 0.3) is 11.5 Å². The topological polar surface area (TPSA) is 71.3 Å². The fourth-order valence-corrected chi connectivity index (χ4v) is 2.49. The van der Waals surface area contributed by atoms with Crippen molar-refractivity contribution in [3.05, 3.63) is 58.1 Å². The third-order valence-corrected chi connectivity index (χ3v) is 4.01. The zero-order valence-electron chi connectivity index (χ0n) is 13.5. The number of aromatic nitrogens is 2. The monoisotopic (exact) mass is 376 g/mol. The maximum atomic E-state index is 12.3. The number of carbonyl (C=O) groups excluding carboxylic acids is 1. The standard InChI is InChI=1S/C17H14Cl2N4O2/c1-23(2)12-6-3-10(4-7-12)15(24)20-17-22-21-16(25-17)13-9-11(18)5-8-14(13)19/h3-9H,1-2H3,(H,20,22,24). The molecule has 0 atom stereocenters. The van der Waals surface area contributed by atoms with Crippen LogP contribution in [0.4, 0.5) is 11.7 Å². The number of hydrogen-bond acceptors (Lipinski definition) is 5. The van der Waals surface area contributed by atoms with Crippen molar-refractivity contribution in [3.63, 3.8) is 0 Å². The van der Waals surface area contributed by atoms with E-state index in [1.165, 1.54) is 0 Å². The predicted octanol–water partition coefficient (Wildman–Crippen LogP) is 4.36. The highest BCUT2D eigenvalue weighted by Gasteiger charge is 2.15. The Bertz CT molecular complexity index is 907. The summed E-state index contributed by atoms with van der Waals surface area (Å²) in [5, 5.41) is 11.2. The minimum Gasteiger partial charge on any atom is -0.403 e. The maximum absolute atomic E-state index is 12.3. The van der Waals surface area contributed by atoms with Gasteiger partial charge in [-0.05, 0) is 42.5 Å². The molecule has 6 nitrogen and oxygen atoms in total. The first-order valence-corrected chi connectivity index (χ1v) is 8.07. The van der Waals surface area contributed by atoms with Gasteiger partial charge >= 0.3 is 6.01 Å². The van der Waals surface area contributed by atoms with Crippen LogP contribution in [-0.2, 0) is 0 Å². The lowest BCUT2D eigenvalue weighted by atomic mass is 10.2. The SMILES string of the molecule is CN(C)c1ccc(C(=O)Nc2nnc(-c3cc(Cl)ccc3Cl)o2)cc1. The van der Waals surface area contributed by atoms with E-state index in [0.29, 0.717) is 21.2 Å². The van der Waals surface area contributed by atoms with Gasteiger partial charge in [0.05, 0.1) is 10.6 Å². The van der Waals surface area contributed by atoms with E-state index in [2.05, 4.69) is 15.5 Å². The van der Waals surface area contributed by atoms with Gasteiger partial charge in [-0.25, -0.2) is 0 Å². The Kier molecular flexibility index (Phi) is 4.92. The molecule has 3 aromatic rings. The Morgan fingerprint density at radius 3 is 2.48 bits per heavy atom. The molecule has 1 N–H and O–H groups in total. The molecule has 8 heteroatoms. The molecule has 128 valence electrons. The van der Waals surface area contributed by atoms with E-state index in [-0.39, 0.29) is 17.8 Å². The van der Waals surface area contributed by atoms with E-state index >= 15 is 0 Å². The van der Waals surface area contributed by atoms with Crippen LogP contribution in [0.5, 0.6) is 0 Å². The highest BCUT2D eigenvalue weighted by molar-refractivity contribution is 6.35. The van der Waals surface area contributed by atoms with Gasteiger partial charge in [0.2, 0.25) is 0 Å². The molecule has 0 bridgehead atoms. The van der Waals surface area contributed by atoms with Crippen LogP contribution >= 0.6 is 23.2 Å². The maximum Gasteiger partial charge on any atom is 0.322 e. The first kappa shape index (κ1) is 17.3. The van der Waals surface area contributed by atoms with Gasteiger partial charge in [-0.3, -0.25) is 10.1 Å². The summed E-state index contributed by atoms with van der Waals surface area (Å²) in [6.45, 7) is 0. The highest BCUT2D eigenvalue weighted by Crippen LogP contribution is 2.30. The van der Waals surface area contributed by atoms with Gasteiger partial charge in [0.1, 0.15) is 0 Å². The van der Waals surface area contributed by atoms with Crippen LogP contribution in [0.2, 0.25) is 10.0 Å². The average molecular weight is 377 g/mol. The van der Waals surface area contributed by atoms with Gasteiger partial charge in [0.25, 0.3) is 11.8 Å². The lowest BCUT2D eigenvalue weighted by Gasteiger charge is -2.12. The van der Waals surface area contributed by atoms with Crippen LogP contribution < -0.4 is 10.2 Å². The van der Waals surface area contributed by atoms with Crippen molar-refractivity contribution in [2.75, 3.05) is 24.3 Å². The Labute approximate surface area is 154 Å². The highest BCUT2D eigenvalue weighted by atomic mass is 35.5. The van der Waals surface area contributed by atoms with Crippen molar-refractivity contribution < 1.29 is 9.21 Å². The van der Waals surface area contributed by atoms with Crippen LogP contribution in [-0.4, -0.2) is 30.2 Å². The predicted molar refractivity (Wildman–Crippen MR) is 98.5 cm³/mol. The smallest absolute Gasteiger partial charge is 0.322 e. The van der Waals surface area contributed by atoms with Gasteiger partial charge in [0, 0.05) is 30.4 Å². The van der Waals surface area contributed by atoms with Crippen LogP contribution in [0, 0.1) is 0 Å². The summed E-state index contributed by atoms with van der Waals surface area (Å²) >= 11 is 12.1. The van der Waals surface area contributed by atoms with Crippen molar-refractivity contribution in [1.29, 1.82) is 0 Å². The molecule has 0 saturated carbocycles. The summed E-state index contributed by atoms with van der Waals surface area (Å²) in [5.41, 5.74) is 1.97. The zero-order valence-corrected chi connectivity index (χ0v) is 15.0. The number of anilines is 2. The molecular weight excluding hydrogens is 363 g/mol. The normalized spacial score (nSPS) is 10.6. The van der Waals surface area contributed by atoms with Crippen molar-refractivity contribution in [2.24, 2.45) is 0 Å². The summed E-state index contributed by atoms with van der Waals surface area (Å²) < 4.78 is 5.45. The number of carbonyl (C=O) groups is 1. The summed E-state index contributed by atoms with van der Waals surface area (Å²) in [5.74, 6) is -0.177. The van der Waals surface area contributed by atoms with E-state index in [1.807, 2.05) is 31.1 Å². The third-order valence-electron chi connectivity index (χ3n) is 3.45. The number of halogens is 2. The van der Waals surface area contributed by atoms with E-state index in [4.69, 9.17) is 27.6 Å². The fourth-order valence-electron chi connectivity index (χ4n) is 2.12. The van der Waals surface area contributed by atoms with Gasteiger partial charge in [-0.1, -0.05) is 28.3 Å². The van der Waals surface area contributed by atoms with Crippen molar-refractivity contribution >= 4 is 40.8 Å². The first-order valence-electron chi connectivity index (χ1n) is 7.31. The molecule has 0 aliphatic carbocycles. The Morgan fingerprint density at radius 2 is 1.80 bits per heavy atom. The Morgan fingerprint density at radius 1 is 1.08 bits per heavy atom. The molecule has 0 aliphatic rings. The Hall–Kier alpha value is -2.57. The molecular formula is C17H14Cl2N4O2. The molecule has 0 radical (unpaired) electrons. The summed E-state index contributed by atoms with van der Waals surface area (Å²) in [4.78, 5) is 14.2. The minimum absolute atomic E-state index is 0.0206. The molecule has 1 aromatic heterocycles. The second kappa shape index (κ2) is 7.13. The number of nitrogens with zero attached hydrogens (tertiary/aromatic N) is 3. The van der Waals surface area contributed by atoms with Crippen LogP contribution in [0.3, 0.4) is 0 Å². The molecule has 0 saturated heterocycles. The lowest BCUT2D eigenvalue weighted by Crippen LogP contribution is -2.13. The first-order chi connectivity index (χ1) is 11.9. The largest absolute Gasteiger partial charge is 0.403 e. The van der Waals surface area contributed by atoms with Crippen molar-refractivity contribution in [2.45, 2.75) is 0 Å². The summed E-state index contributed by atoms with van der Waals surface area (Å²) in [7, 11) is 3.85. The van der Waals surface area contributed by atoms with Gasteiger partial charge < -0.3 is 9.32 Å². The zero-order chi connectivity index (χ0) is 18.0. The molecule has 1 amide bonds. The quantitative estimate of drug-likeness (QED) is 0.732. The van der Waals surface area contributed by atoms with E-state index in [9.17, 15) is 4.79 Å². The average Bonchev–Trinajstić information content (AvgIpc) is 3.05. The summed E-state index contributed by atoms with van der Waals surface area (Å²) in [6.07, 6.45) is 0. The molecule has 0 unspecified atom stereocenters. The second-order valence-electron chi connectivity index (χ2n) is 5.43. The molecule has 3 rings (SSSR count). The van der Waals surface area contributed by atoms with E-state index in [0.717, 1.165) is 5.69 Å². The van der Waals surface area contributed by atoms with Gasteiger partial charge in [-0.2, -0.15) is 0 Å². The third kappa shape index (κ3) is 3.92. The minimum atomic E-state index is -0.349. The lowest BCUT2D eigenvalue weighted by molar-refractivity contribution is 0.102. The molecule has 2 aromatic carbocycles. The number of nitrogens with one attached hydrogen (secondary N) is 1. The molecule has 0 spiro atoms. The number of benzene rings is 2. The molecule has 25 heavy (non-hydrogen) atoms. The number of rotatable bonds is 4. The van der Waals surface area contributed by atoms with Crippen LogP contribution in [0.15, 0.2) is 46.9 Å². The van der Waals surface area contributed by atoms with Gasteiger partial charge in [-0.15, -0.1) is 5.10 Å². The molecule has 0 fully saturated rings. The number of hydrogen-bond donors (Lipinski definition) is 1. The molecule has 1 heterocycles. The fraction of sp³-hybridized carbons (Fsp3) is 0.118. The molecule has 0 aliphatic heterocycles. The summed E-state index contributed by atoms with van der Waals surface area (Å²) in [6, 6.07) is 12.0. The van der Waals surface area contributed by atoms with Crippen molar-refractivity contribution in [1.82, 2.24) is 10.2 Å². The van der Waals surface area contributed by atoms with Crippen LogP contribution in [0.1, 0.15) is 10.4 Å². The van der Waals surface area contributed by atoms with Gasteiger partial charge in [0.15, 0.2) is 0 Å².